The minimum Gasteiger partial charge on any atom is -0.478 e. The van der Waals surface area contributed by atoms with E-state index in [9.17, 15) is 4.79 Å². The van der Waals surface area contributed by atoms with Crippen LogP contribution in [0.2, 0.25) is 0 Å². The molecule has 1 aliphatic heterocycles. The fourth-order valence-corrected chi connectivity index (χ4v) is 1.76. The van der Waals surface area contributed by atoms with Gasteiger partial charge in [0.2, 0.25) is 0 Å². The molecule has 1 N–H and O–H groups in total. The Morgan fingerprint density at radius 1 is 1.50 bits per heavy atom. The van der Waals surface area contributed by atoms with Crippen LogP contribution in [-0.4, -0.2) is 35.6 Å². The van der Waals surface area contributed by atoms with E-state index in [1.165, 1.54) is 18.9 Å². The second-order valence-corrected chi connectivity index (χ2v) is 3.84. The van der Waals surface area contributed by atoms with Crippen LogP contribution >= 0.6 is 0 Å². The maximum absolute atomic E-state index is 10.4. The van der Waals surface area contributed by atoms with E-state index in [-0.39, 0.29) is 0 Å². The molecule has 0 saturated carbocycles. The number of carbonyl (C=O) groups is 1. The van der Waals surface area contributed by atoms with Gasteiger partial charge in [-0.15, -0.1) is 0 Å². The summed E-state index contributed by atoms with van der Waals surface area (Å²) in [6.45, 7) is 5.41. The van der Waals surface area contributed by atoms with Gasteiger partial charge in [-0.05, 0) is 25.8 Å². The van der Waals surface area contributed by atoms with E-state index >= 15 is 0 Å². The highest BCUT2D eigenvalue weighted by Gasteiger charge is 2.13. The van der Waals surface area contributed by atoms with Crippen molar-refractivity contribution in [1.29, 1.82) is 0 Å². The lowest BCUT2D eigenvalue weighted by Gasteiger charge is -2.27. The van der Waals surface area contributed by atoms with Gasteiger partial charge in [-0.25, -0.2) is 4.79 Å². The number of carboxylic acid groups (broad SMARTS) is 1. The van der Waals surface area contributed by atoms with Gasteiger partial charge < -0.3 is 10.0 Å². The van der Waals surface area contributed by atoms with Crippen LogP contribution < -0.4 is 0 Å². The number of likely N-dealkylation sites (tertiary alicyclic amines) is 1. The van der Waals surface area contributed by atoms with Crippen LogP contribution in [-0.2, 0) is 4.79 Å². The normalized spacial score (nSPS) is 18.2. The molecular weight excluding hydrogens is 178 g/mol. The smallest absolute Gasteiger partial charge is 0.328 e. The van der Waals surface area contributed by atoms with Gasteiger partial charge in [0.25, 0.3) is 0 Å². The molecule has 1 saturated heterocycles. The largest absolute Gasteiger partial charge is 0.478 e. The maximum atomic E-state index is 10.4. The Hall–Kier alpha value is -0.830. The summed E-state index contributed by atoms with van der Waals surface area (Å²) in [5.74, 6) is -0.804. The fourth-order valence-electron chi connectivity index (χ4n) is 1.76. The molecule has 0 unspecified atom stereocenters. The Labute approximate surface area is 85.4 Å². The molecule has 0 atom stereocenters. The van der Waals surface area contributed by atoms with Crippen molar-refractivity contribution >= 4 is 5.97 Å². The van der Waals surface area contributed by atoms with Gasteiger partial charge in [-0.3, -0.25) is 0 Å². The summed E-state index contributed by atoms with van der Waals surface area (Å²) >= 11 is 0. The van der Waals surface area contributed by atoms with E-state index in [1.807, 2.05) is 0 Å². The molecule has 0 aromatic carbocycles. The predicted octanol–water partition coefficient (Wildman–Crippen LogP) is 1.89. The first-order valence-corrected chi connectivity index (χ1v) is 5.37. The van der Waals surface area contributed by atoms with E-state index in [0.717, 1.165) is 38.0 Å². The van der Waals surface area contributed by atoms with Gasteiger partial charge in [0.05, 0.1) is 0 Å². The highest BCUT2D eigenvalue weighted by molar-refractivity contribution is 5.80. The molecule has 0 radical (unpaired) electrons. The second-order valence-electron chi connectivity index (χ2n) is 3.84. The topological polar surface area (TPSA) is 40.5 Å². The van der Waals surface area contributed by atoms with Crippen LogP contribution in [0.4, 0.5) is 0 Å². The molecular formula is C11H19NO2. The number of aliphatic carboxylic acids is 1. The lowest BCUT2D eigenvalue weighted by Crippen LogP contribution is -2.31. The zero-order chi connectivity index (χ0) is 10.4. The number of hydrogen-bond acceptors (Lipinski definition) is 2. The first kappa shape index (κ1) is 11.2. The molecule has 1 rings (SSSR count). The summed E-state index contributed by atoms with van der Waals surface area (Å²) in [5.41, 5.74) is 1.09. The third-order valence-corrected chi connectivity index (χ3v) is 2.65. The second kappa shape index (κ2) is 5.81. The Balaban J connectivity index is 2.27. The first-order chi connectivity index (χ1) is 6.72. The van der Waals surface area contributed by atoms with E-state index in [0.29, 0.717) is 0 Å². The standard InChI is InChI=1S/C11H19NO2/c1-2-3-6-12-7-4-10(5-8-12)9-11(13)14/h9H,2-8H2,1H3,(H,13,14). The van der Waals surface area contributed by atoms with Crippen LogP contribution in [0, 0.1) is 0 Å². The van der Waals surface area contributed by atoms with Crippen molar-refractivity contribution in [3.8, 4) is 0 Å². The predicted molar refractivity (Wildman–Crippen MR) is 56.3 cm³/mol. The summed E-state index contributed by atoms with van der Waals surface area (Å²) in [4.78, 5) is 12.9. The van der Waals surface area contributed by atoms with Crippen LogP contribution in [0.5, 0.6) is 0 Å². The maximum Gasteiger partial charge on any atom is 0.328 e. The molecule has 0 spiro atoms. The number of rotatable bonds is 4. The minimum atomic E-state index is -0.804. The minimum absolute atomic E-state index is 0.804. The van der Waals surface area contributed by atoms with Crippen molar-refractivity contribution in [3.63, 3.8) is 0 Å². The average molecular weight is 197 g/mol. The van der Waals surface area contributed by atoms with Gasteiger partial charge in [0.15, 0.2) is 0 Å². The zero-order valence-corrected chi connectivity index (χ0v) is 8.83. The number of unbranched alkanes of at least 4 members (excludes halogenated alkanes) is 1. The van der Waals surface area contributed by atoms with Gasteiger partial charge in [-0.1, -0.05) is 18.9 Å². The van der Waals surface area contributed by atoms with Gasteiger partial charge in [-0.2, -0.15) is 0 Å². The van der Waals surface area contributed by atoms with Crippen LogP contribution in [0.1, 0.15) is 32.6 Å². The SMILES string of the molecule is CCCCN1CCC(=CC(=O)O)CC1. The van der Waals surface area contributed by atoms with Crippen LogP contribution in [0.15, 0.2) is 11.6 Å². The van der Waals surface area contributed by atoms with Gasteiger partial charge in [0.1, 0.15) is 0 Å². The Morgan fingerprint density at radius 2 is 2.14 bits per heavy atom. The molecule has 1 heterocycles. The summed E-state index contributed by atoms with van der Waals surface area (Å²) in [6.07, 6.45) is 5.70. The van der Waals surface area contributed by atoms with Crippen molar-refractivity contribution < 1.29 is 9.90 Å². The summed E-state index contributed by atoms with van der Waals surface area (Å²) in [7, 11) is 0. The molecule has 0 amide bonds. The molecule has 0 aromatic rings. The first-order valence-electron chi connectivity index (χ1n) is 5.37. The number of carboxylic acids is 1. The van der Waals surface area contributed by atoms with Crippen LogP contribution in [0.3, 0.4) is 0 Å². The summed E-state index contributed by atoms with van der Waals surface area (Å²) < 4.78 is 0. The van der Waals surface area contributed by atoms with E-state index in [1.54, 1.807) is 0 Å². The molecule has 1 fully saturated rings. The van der Waals surface area contributed by atoms with Crippen molar-refractivity contribution in [2.45, 2.75) is 32.6 Å². The monoisotopic (exact) mass is 197 g/mol. The third-order valence-electron chi connectivity index (χ3n) is 2.65. The molecule has 0 aliphatic carbocycles. The van der Waals surface area contributed by atoms with Crippen LogP contribution in [0.25, 0.3) is 0 Å². The Morgan fingerprint density at radius 3 is 2.64 bits per heavy atom. The fraction of sp³-hybridized carbons (Fsp3) is 0.727. The van der Waals surface area contributed by atoms with Crippen molar-refractivity contribution in [2.75, 3.05) is 19.6 Å². The summed E-state index contributed by atoms with van der Waals surface area (Å²) in [5, 5.41) is 8.58. The quantitative estimate of drug-likeness (QED) is 0.700. The van der Waals surface area contributed by atoms with Crippen molar-refractivity contribution in [3.05, 3.63) is 11.6 Å². The highest BCUT2D eigenvalue weighted by Crippen LogP contribution is 2.16. The number of nitrogens with zero attached hydrogens (tertiary/aromatic N) is 1. The molecule has 0 bridgehead atoms. The van der Waals surface area contributed by atoms with E-state index in [4.69, 9.17) is 5.11 Å². The van der Waals surface area contributed by atoms with E-state index < -0.39 is 5.97 Å². The number of piperidine rings is 1. The van der Waals surface area contributed by atoms with E-state index in [2.05, 4.69) is 11.8 Å². The average Bonchev–Trinajstić information content (AvgIpc) is 2.16. The molecule has 14 heavy (non-hydrogen) atoms. The van der Waals surface area contributed by atoms with Gasteiger partial charge in [0, 0.05) is 19.2 Å². The zero-order valence-electron chi connectivity index (χ0n) is 8.83. The molecule has 0 aromatic heterocycles. The third kappa shape index (κ3) is 3.92. The molecule has 80 valence electrons. The Kier molecular flexibility index (Phi) is 4.66. The molecule has 1 aliphatic rings. The molecule has 3 nitrogen and oxygen atoms in total. The van der Waals surface area contributed by atoms with Crippen molar-refractivity contribution in [1.82, 2.24) is 4.90 Å². The Bertz CT molecular complexity index is 213. The van der Waals surface area contributed by atoms with Crippen molar-refractivity contribution in [2.24, 2.45) is 0 Å². The highest BCUT2D eigenvalue weighted by atomic mass is 16.4. The van der Waals surface area contributed by atoms with Gasteiger partial charge >= 0.3 is 5.97 Å². The summed E-state index contributed by atoms with van der Waals surface area (Å²) in [6, 6.07) is 0. The number of hydrogen-bond donors (Lipinski definition) is 1. The molecule has 3 heteroatoms. The lowest BCUT2D eigenvalue weighted by atomic mass is 10.0. The lowest BCUT2D eigenvalue weighted by molar-refractivity contribution is -0.131.